The third-order valence-electron chi connectivity index (χ3n) is 14.0. The van der Waals surface area contributed by atoms with E-state index in [4.69, 9.17) is 32.3 Å². The fourth-order valence-corrected chi connectivity index (χ4v) is 10.5. The van der Waals surface area contributed by atoms with Gasteiger partial charge < -0.3 is 34.2 Å². The first-order valence-corrected chi connectivity index (χ1v) is 36.2. The number of rotatable bonds is 63. The molecule has 0 radical (unpaired) electrons. The molecule has 0 fully saturated rings. The van der Waals surface area contributed by atoms with E-state index in [0.717, 1.165) is 77.0 Å². The van der Waals surface area contributed by atoms with Gasteiger partial charge >= 0.3 is 33.6 Å². The van der Waals surface area contributed by atoms with Crippen molar-refractivity contribution in [3.05, 3.63) is 72.9 Å². The van der Waals surface area contributed by atoms with Gasteiger partial charge in [-0.1, -0.05) is 273 Å². The molecular weight excluding hydrogens is 1120 g/mol. The summed E-state index contributed by atoms with van der Waals surface area (Å²) in [6, 6.07) is 0. The van der Waals surface area contributed by atoms with E-state index in [1.54, 1.807) is 0 Å². The Morgan fingerprint density at radius 2 is 0.624 bits per heavy atom. The van der Waals surface area contributed by atoms with Gasteiger partial charge in [0.05, 0.1) is 26.4 Å². The standard InChI is InChI=1S/C67H120O16P2/c1-4-7-10-13-16-19-22-25-28-29-30-31-34-36-38-41-44-47-50-53-65(70)77-56-62(68)57-79-84(73,74)80-58-63(69)59-81-85(75,76)82-61-64(83-67(72)55-52-49-46-43-40-37-33-27-24-21-18-15-12-9-6-3)60-78-66(71)54-51-48-45-42-39-35-32-26-23-20-17-14-11-8-5-2/h7,10,16,19,25,28,30-31,36,38,44,47,62-64,68-69H,4-6,8-9,11-15,17-18,20-24,26-27,29,32-35,37,39-43,45-46,48-61H2,1-3H3,(H,73,74)(H,75,76)/b10-7-,19-16-,28-25-,31-30-,38-36-,47-44-. The van der Waals surface area contributed by atoms with Gasteiger partial charge in [-0.15, -0.1) is 0 Å². The number of aliphatic hydroxyl groups is 2. The van der Waals surface area contributed by atoms with Gasteiger partial charge in [0.25, 0.3) is 0 Å². The minimum Gasteiger partial charge on any atom is -0.463 e. The summed E-state index contributed by atoms with van der Waals surface area (Å²) in [5, 5.41) is 20.5. The number of carbonyl (C=O) groups is 3. The second-order valence-corrected chi connectivity index (χ2v) is 25.2. The van der Waals surface area contributed by atoms with E-state index >= 15 is 0 Å². The van der Waals surface area contributed by atoms with Crippen molar-refractivity contribution in [2.45, 2.75) is 296 Å². The molecule has 0 bridgehead atoms. The van der Waals surface area contributed by atoms with Crippen LogP contribution in [0.25, 0.3) is 0 Å². The quantitative estimate of drug-likeness (QED) is 0.0146. The lowest BCUT2D eigenvalue weighted by atomic mass is 10.0. The number of carbonyl (C=O) groups excluding carboxylic acids is 3. The van der Waals surface area contributed by atoms with Crippen molar-refractivity contribution in [3.63, 3.8) is 0 Å². The number of hydrogen-bond acceptors (Lipinski definition) is 14. The largest absolute Gasteiger partial charge is 0.472 e. The summed E-state index contributed by atoms with van der Waals surface area (Å²) in [5.41, 5.74) is 0. The Hall–Kier alpha value is -3.01. The number of ether oxygens (including phenoxy) is 3. The molecule has 0 aliphatic rings. The topological polar surface area (TPSA) is 231 Å². The van der Waals surface area contributed by atoms with Gasteiger partial charge in [-0.2, -0.15) is 0 Å². The lowest BCUT2D eigenvalue weighted by Gasteiger charge is -2.21. The maximum Gasteiger partial charge on any atom is 0.472 e. The first-order chi connectivity index (χ1) is 41.2. The summed E-state index contributed by atoms with van der Waals surface area (Å²) >= 11 is 0. The van der Waals surface area contributed by atoms with E-state index < -0.39 is 91.5 Å². The Bertz CT molecular complexity index is 1850. The highest BCUT2D eigenvalue weighted by atomic mass is 31.2. The highest BCUT2D eigenvalue weighted by Crippen LogP contribution is 2.45. The third-order valence-corrected chi connectivity index (χ3v) is 15.9. The fourth-order valence-electron chi connectivity index (χ4n) is 8.89. The van der Waals surface area contributed by atoms with Gasteiger partial charge in [-0.05, 0) is 57.8 Å². The summed E-state index contributed by atoms with van der Waals surface area (Å²) in [4.78, 5) is 58.2. The lowest BCUT2D eigenvalue weighted by Crippen LogP contribution is -2.30. The second kappa shape index (κ2) is 61.2. The molecular formula is C67H120O16P2. The Morgan fingerprint density at radius 3 is 0.988 bits per heavy atom. The molecule has 4 N–H and O–H groups in total. The average molecular weight is 1240 g/mol. The Kier molecular flexibility index (Phi) is 59.1. The third kappa shape index (κ3) is 62.4. The summed E-state index contributed by atoms with van der Waals surface area (Å²) in [6.45, 7) is 2.50. The van der Waals surface area contributed by atoms with Gasteiger partial charge in [0.2, 0.25) is 0 Å². The van der Waals surface area contributed by atoms with Crippen LogP contribution in [0.2, 0.25) is 0 Å². The first kappa shape index (κ1) is 82.0. The molecule has 0 aromatic rings. The number of allylic oxidation sites excluding steroid dienone is 12. The van der Waals surface area contributed by atoms with E-state index in [2.05, 4.69) is 75.5 Å². The molecule has 5 atom stereocenters. The zero-order valence-corrected chi connectivity index (χ0v) is 55.1. The average Bonchev–Trinajstić information content (AvgIpc) is 3.52. The van der Waals surface area contributed by atoms with Crippen molar-refractivity contribution in [1.82, 2.24) is 0 Å². The van der Waals surface area contributed by atoms with Crippen molar-refractivity contribution < 1.29 is 75.8 Å². The van der Waals surface area contributed by atoms with Gasteiger partial charge in [0.1, 0.15) is 25.4 Å². The van der Waals surface area contributed by atoms with Crippen LogP contribution >= 0.6 is 15.6 Å². The summed E-state index contributed by atoms with van der Waals surface area (Å²) in [5.74, 6) is -1.64. The molecule has 0 aliphatic heterocycles. The van der Waals surface area contributed by atoms with Crippen LogP contribution in [-0.4, -0.2) is 95.9 Å². The molecule has 0 saturated heterocycles. The van der Waals surface area contributed by atoms with Crippen LogP contribution in [-0.2, 0) is 55.8 Å². The fraction of sp³-hybridized carbons (Fsp3) is 0.776. The van der Waals surface area contributed by atoms with Crippen LogP contribution in [0.4, 0.5) is 0 Å². The van der Waals surface area contributed by atoms with Crippen LogP contribution in [0.1, 0.15) is 278 Å². The van der Waals surface area contributed by atoms with E-state index in [1.807, 2.05) is 18.2 Å². The van der Waals surface area contributed by atoms with Gasteiger partial charge in [0.15, 0.2) is 6.10 Å². The van der Waals surface area contributed by atoms with Crippen molar-refractivity contribution in [1.29, 1.82) is 0 Å². The number of phosphoric acid groups is 2. The van der Waals surface area contributed by atoms with E-state index in [1.165, 1.54) is 135 Å². The molecule has 18 heteroatoms. The predicted molar refractivity (Wildman–Crippen MR) is 344 cm³/mol. The highest BCUT2D eigenvalue weighted by molar-refractivity contribution is 7.47. The Balaban J connectivity index is 4.70. The zero-order valence-electron chi connectivity index (χ0n) is 53.3. The number of aliphatic hydroxyl groups excluding tert-OH is 2. The SMILES string of the molecule is CC/C=C\C/C=C\C/C=C\C/C=C\C/C=C\C/C=C\CCC(=O)OCC(O)COP(=O)(O)OCC(O)COP(=O)(O)OCC(COC(=O)CCCCCCCCCCCCCCCCC)OC(=O)CCCCCCCCCCCCCCCCC. The highest BCUT2D eigenvalue weighted by Gasteiger charge is 2.29. The van der Waals surface area contributed by atoms with Gasteiger partial charge in [0, 0.05) is 19.3 Å². The molecule has 0 saturated carbocycles. The van der Waals surface area contributed by atoms with Crippen molar-refractivity contribution in [3.8, 4) is 0 Å². The van der Waals surface area contributed by atoms with Gasteiger partial charge in [-0.25, -0.2) is 9.13 Å². The predicted octanol–water partition coefficient (Wildman–Crippen LogP) is 18.0. The summed E-state index contributed by atoms with van der Waals surface area (Å²) in [7, 11) is -9.78. The monoisotopic (exact) mass is 1240 g/mol. The van der Waals surface area contributed by atoms with Gasteiger partial charge in [-0.3, -0.25) is 32.5 Å². The molecule has 85 heavy (non-hydrogen) atoms. The van der Waals surface area contributed by atoms with Crippen molar-refractivity contribution in [2.24, 2.45) is 0 Å². The van der Waals surface area contributed by atoms with Crippen LogP contribution in [0.5, 0.6) is 0 Å². The number of unbranched alkanes of at least 4 members (excludes halogenated alkanes) is 28. The molecule has 0 heterocycles. The molecule has 0 rings (SSSR count). The second-order valence-electron chi connectivity index (χ2n) is 22.3. The minimum atomic E-state index is -4.92. The molecule has 494 valence electrons. The van der Waals surface area contributed by atoms with Crippen LogP contribution < -0.4 is 0 Å². The Morgan fingerprint density at radius 1 is 0.341 bits per heavy atom. The van der Waals surface area contributed by atoms with E-state index in [0.29, 0.717) is 25.7 Å². The van der Waals surface area contributed by atoms with E-state index in [-0.39, 0.29) is 19.3 Å². The maximum atomic E-state index is 12.9. The number of phosphoric ester groups is 2. The first-order valence-electron chi connectivity index (χ1n) is 33.2. The minimum absolute atomic E-state index is 0.0613. The summed E-state index contributed by atoms with van der Waals surface area (Å²) in [6.07, 6.45) is 62.5. The normalized spacial score (nSPS) is 14.8. The lowest BCUT2D eigenvalue weighted by molar-refractivity contribution is -0.161. The van der Waals surface area contributed by atoms with Crippen LogP contribution in [0.3, 0.4) is 0 Å². The molecule has 0 aromatic carbocycles. The number of hydrogen-bond donors (Lipinski definition) is 4. The number of esters is 3. The Labute approximate surface area is 515 Å². The smallest absolute Gasteiger partial charge is 0.463 e. The molecule has 5 unspecified atom stereocenters. The van der Waals surface area contributed by atoms with Crippen molar-refractivity contribution in [2.75, 3.05) is 39.6 Å². The maximum absolute atomic E-state index is 12.9. The molecule has 0 amide bonds. The van der Waals surface area contributed by atoms with E-state index in [9.17, 15) is 43.5 Å². The van der Waals surface area contributed by atoms with Crippen LogP contribution in [0, 0.1) is 0 Å². The zero-order chi connectivity index (χ0) is 62.4. The molecule has 0 aromatic heterocycles. The van der Waals surface area contributed by atoms with Crippen molar-refractivity contribution >= 4 is 33.6 Å². The molecule has 0 aliphatic carbocycles. The summed E-state index contributed by atoms with van der Waals surface area (Å²) < 4.78 is 60.8. The molecule has 0 spiro atoms. The molecule has 16 nitrogen and oxygen atoms in total. The van der Waals surface area contributed by atoms with Crippen LogP contribution in [0.15, 0.2) is 72.9 Å².